The lowest BCUT2D eigenvalue weighted by molar-refractivity contribution is -0.141. The van der Waals surface area contributed by atoms with E-state index in [0.717, 1.165) is 12.3 Å². The largest absolute Gasteiger partial charge is 0.480 e. The van der Waals surface area contributed by atoms with Crippen molar-refractivity contribution in [3.05, 3.63) is 23.5 Å². The smallest absolute Gasteiger partial charge is 0.433 e. The topological polar surface area (TPSA) is 62.2 Å². The van der Waals surface area contributed by atoms with Crippen molar-refractivity contribution in [3.63, 3.8) is 0 Å². The summed E-state index contributed by atoms with van der Waals surface area (Å²) in [5, 5.41) is 11.3. The van der Waals surface area contributed by atoms with Crippen LogP contribution in [-0.4, -0.2) is 22.1 Å². The number of anilines is 1. The second kappa shape index (κ2) is 3.36. The molecule has 0 saturated carbocycles. The van der Waals surface area contributed by atoms with Gasteiger partial charge in [-0.05, 0) is 11.6 Å². The number of halogens is 3. The number of nitrogens with one attached hydrogen (secondary N) is 1. The highest BCUT2D eigenvalue weighted by atomic mass is 19.4. The first-order valence-corrected chi connectivity index (χ1v) is 4.43. The molecule has 2 N–H and O–H groups in total. The average molecular weight is 232 g/mol. The molecule has 4 nitrogen and oxygen atoms in total. The summed E-state index contributed by atoms with van der Waals surface area (Å²) in [5.41, 5.74) is -0.325. The molecule has 0 saturated heterocycles. The van der Waals surface area contributed by atoms with E-state index in [0.29, 0.717) is 11.3 Å². The molecule has 0 aromatic carbocycles. The number of rotatable bonds is 1. The molecule has 2 rings (SSSR count). The summed E-state index contributed by atoms with van der Waals surface area (Å²) < 4.78 is 36.9. The van der Waals surface area contributed by atoms with Crippen LogP contribution in [0.5, 0.6) is 0 Å². The molecule has 0 bridgehead atoms. The van der Waals surface area contributed by atoms with E-state index in [1.165, 1.54) is 0 Å². The van der Waals surface area contributed by atoms with E-state index in [-0.39, 0.29) is 6.42 Å². The number of aromatic nitrogens is 1. The van der Waals surface area contributed by atoms with E-state index < -0.39 is 23.9 Å². The van der Waals surface area contributed by atoms with Crippen LogP contribution < -0.4 is 5.32 Å². The number of nitrogens with zero attached hydrogens (tertiary/aromatic N) is 1. The molecule has 0 aliphatic carbocycles. The number of fused-ring (bicyclic) bond motifs is 1. The Morgan fingerprint density at radius 1 is 1.56 bits per heavy atom. The summed E-state index contributed by atoms with van der Waals surface area (Å²) in [4.78, 5) is 13.9. The number of carbonyl (C=O) groups is 1. The zero-order chi connectivity index (χ0) is 11.9. The molecule has 1 aromatic rings. The molecule has 2 heterocycles. The molecule has 1 aliphatic rings. The summed E-state index contributed by atoms with van der Waals surface area (Å²) >= 11 is 0. The number of aliphatic carboxylic acids is 1. The third-order valence-electron chi connectivity index (χ3n) is 2.33. The normalized spacial score (nSPS) is 19.1. The average Bonchev–Trinajstić information content (AvgIpc) is 2.58. The van der Waals surface area contributed by atoms with Gasteiger partial charge in [0.15, 0.2) is 0 Å². The van der Waals surface area contributed by atoms with Crippen LogP contribution in [0, 0.1) is 0 Å². The maximum atomic E-state index is 12.3. The summed E-state index contributed by atoms with van der Waals surface area (Å²) in [6.45, 7) is 0. The highest BCUT2D eigenvalue weighted by molar-refractivity contribution is 5.81. The first kappa shape index (κ1) is 10.7. The van der Waals surface area contributed by atoms with Gasteiger partial charge in [-0.2, -0.15) is 13.2 Å². The molecule has 0 fully saturated rings. The number of hydrogen-bond donors (Lipinski definition) is 2. The predicted molar refractivity (Wildman–Crippen MR) is 48.0 cm³/mol. The lowest BCUT2D eigenvalue weighted by Crippen LogP contribution is -2.26. The second-order valence-electron chi connectivity index (χ2n) is 3.46. The number of hydrogen-bond acceptors (Lipinski definition) is 3. The van der Waals surface area contributed by atoms with Crippen molar-refractivity contribution in [1.29, 1.82) is 0 Å². The van der Waals surface area contributed by atoms with Crippen molar-refractivity contribution in [2.24, 2.45) is 0 Å². The number of carboxylic acid groups (broad SMARTS) is 1. The molecule has 0 spiro atoms. The SMILES string of the molecule is O=C(O)C1Cc2cc(C(F)(F)F)ncc2N1. The molecule has 16 heavy (non-hydrogen) atoms. The van der Waals surface area contributed by atoms with Crippen LogP contribution in [0.2, 0.25) is 0 Å². The fraction of sp³-hybridized carbons (Fsp3) is 0.333. The molecule has 86 valence electrons. The third-order valence-corrected chi connectivity index (χ3v) is 2.33. The van der Waals surface area contributed by atoms with E-state index in [1.807, 2.05) is 0 Å². The molecule has 1 unspecified atom stereocenters. The van der Waals surface area contributed by atoms with Gasteiger partial charge >= 0.3 is 12.1 Å². The monoisotopic (exact) mass is 232 g/mol. The van der Waals surface area contributed by atoms with E-state index in [4.69, 9.17) is 5.11 Å². The standard InChI is InChI=1S/C9H7F3N2O2/c10-9(11,12)7-2-4-1-5(8(15)16)14-6(4)3-13-7/h2-3,5,14H,1H2,(H,15,16). The number of pyridine rings is 1. The molecule has 1 aliphatic heterocycles. The highest BCUT2D eigenvalue weighted by Gasteiger charge is 2.35. The van der Waals surface area contributed by atoms with E-state index >= 15 is 0 Å². The van der Waals surface area contributed by atoms with Crippen LogP contribution in [-0.2, 0) is 17.4 Å². The van der Waals surface area contributed by atoms with Crippen molar-refractivity contribution < 1.29 is 23.1 Å². The summed E-state index contributed by atoms with van der Waals surface area (Å²) in [6, 6.07) is 0.00549. The lowest BCUT2D eigenvalue weighted by Gasteiger charge is -2.06. The van der Waals surface area contributed by atoms with Gasteiger partial charge in [0, 0.05) is 6.42 Å². The van der Waals surface area contributed by atoms with Crippen molar-refractivity contribution in [2.75, 3.05) is 5.32 Å². The van der Waals surface area contributed by atoms with E-state index in [2.05, 4.69) is 10.3 Å². The van der Waals surface area contributed by atoms with Crippen LogP contribution in [0.15, 0.2) is 12.3 Å². The maximum Gasteiger partial charge on any atom is 0.433 e. The first-order chi connectivity index (χ1) is 7.38. The minimum absolute atomic E-state index is 0.0380. The molecule has 7 heteroatoms. The van der Waals surface area contributed by atoms with Gasteiger partial charge in [-0.25, -0.2) is 9.78 Å². The molecule has 0 radical (unpaired) electrons. The zero-order valence-corrected chi connectivity index (χ0v) is 7.88. The highest BCUT2D eigenvalue weighted by Crippen LogP contribution is 2.32. The Kier molecular flexibility index (Phi) is 2.25. The Morgan fingerprint density at radius 3 is 2.81 bits per heavy atom. The minimum Gasteiger partial charge on any atom is -0.480 e. The first-order valence-electron chi connectivity index (χ1n) is 4.43. The molecule has 1 aromatic heterocycles. The lowest BCUT2D eigenvalue weighted by atomic mass is 10.1. The van der Waals surface area contributed by atoms with Crippen LogP contribution in [0.1, 0.15) is 11.3 Å². The summed E-state index contributed by atoms with van der Waals surface area (Å²) in [6.07, 6.45) is -3.45. The van der Waals surface area contributed by atoms with Crippen LogP contribution in [0.25, 0.3) is 0 Å². The van der Waals surface area contributed by atoms with Gasteiger partial charge in [0.05, 0.1) is 11.9 Å². The Hall–Kier alpha value is -1.79. The summed E-state index contributed by atoms with van der Waals surface area (Å²) in [7, 11) is 0. The Labute approximate surface area is 88.1 Å². The van der Waals surface area contributed by atoms with Crippen molar-refractivity contribution in [2.45, 2.75) is 18.6 Å². The molecular weight excluding hydrogens is 225 g/mol. The number of carboxylic acids is 1. The van der Waals surface area contributed by atoms with Crippen molar-refractivity contribution >= 4 is 11.7 Å². The molecular formula is C9H7F3N2O2. The van der Waals surface area contributed by atoms with Crippen LogP contribution >= 0.6 is 0 Å². The number of alkyl halides is 3. The van der Waals surface area contributed by atoms with Gasteiger partial charge in [0.1, 0.15) is 11.7 Å². The quantitative estimate of drug-likeness (QED) is 0.770. The van der Waals surface area contributed by atoms with Gasteiger partial charge in [0.25, 0.3) is 0 Å². The summed E-state index contributed by atoms with van der Waals surface area (Å²) in [5.74, 6) is -1.09. The van der Waals surface area contributed by atoms with Gasteiger partial charge < -0.3 is 10.4 Å². The van der Waals surface area contributed by atoms with Gasteiger partial charge in [-0.3, -0.25) is 0 Å². The van der Waals surface area contributed by atoms with Gasteiger partial charge in [0.2, 0.25) is 0 Å². The van der Waals surface area contributed by atoms with Crippen LogP contribution in [0.4, 0.5) is 18.9 Å². The van der Waals surface area contributed by atoms with E-state index in [9.17, 15) is 18.0 Å². The molecule has 1 atom stereocenters. The minimum atomic E-state index is -4.50. The maximum absolute atomic E-state index is 12.3. The Bertz CT molecular complexity index is 445. The fourth-order valence-electron chi connectivity index (χ4n) is 1.56. The van der Waals surface area contributed by atoms with Crippen molar-refractivity contribution in [1.82, 2.24) is 4.98 Å². The predicted octanol–water partition coefficient (Wildman–Crippen LogP) is 1.52. The van der Waals surface area contributed by atoms with Crippen LogP contribution in [0.3, 0.4) is 0 Å². The Morgan fingerprint density at radius 2 is 2.25 bits per heavy atom. The Balaban J connectivity index is 2.31. The zero-order valence-electron chi connectivity index (χ0n) is 7.88. The second-order valence-corrected chi connectivity index (χ2v) is 3.46. The van der Waals surface area contributed by atoms with Gasteiger partial charge in [-0.1, -0.05) is 0 Å². The van der Waals surface area contributed by atoms with Crippen molar-refractivity contribution in [3.8, 4) is 0 Å². The van der Waals surface area contributed by atoms with E-state index in [1.54, 1.807) is 0 Å². The third kappa shape index (κ3) is 1.80. The van der Waals surface area contributed by atoms with Gasteiger partial charge in [-0.15, -0.1) is 0 Å². The molecule has 0 amide bonds. The fourth-order valence-corrected chi connectivity index (χ4v) is 1.56.